The van der Waals surface area contributed by atoms with Gasteiger partial charge in [0.2, 0.25) is 0 Å². The molecule has 0 aliphatic rings. The Kier molecular flexibility index (Phi) is 5.83. The summed E-state index contributed by atoms with van der Waals surface area (Å²) in [7, 11) is 1.36. The summed E-state index contributed by atoms with van der Waals surface area (Å²) in [5.41, 5.74) is 3.28. The first-order valence-corrected chi connectivity index (χ1v) is 6.54. The van der Waals surface area contributed by atoms with Crippen LogP contribution in [0.3, 0.4) is 0 Å². The standard InChI is InChI=1S/C15H23NO3/c1-6-16-9-13-7-10(2)14(11(3)8-13)19-12(4)15(17)18-5/h7-8,12,16H,6,9H2,1-5H3. The Morgan fingerprint density at radius 2 is 1.89 bits per heavy atom. The van der Waals surface area contributed by atoms with E-state index in [1.165, 1.54) is 12.7 Å². The molecule has 1 aromatic carbocycles. The van der Waals surface area contributed by atoms with Crippen molar-refractivity contribution >= 4 is 5.97 Å². The molecule has 0 aromatic heterocycles. The van der Waals surface area contributed by atoms with E-state index in [4.69, 9.17) is 4.74 Å². The van der Waals surface area contributed by atoms with Crippen molar-refractivity contribution in [2.45, 2.75) is 40.3 Å². The lowest BCUT2D eigenvalue weighted by atomic mass is 10.1. The van der Waals surface area contributed by atoms with E-state index >= 15 is 0 Å². The number of ether oxygens (including phenoxy) is 2. The summed E-state index contributed by atoms with van der Waals surface area (Å²) in [6, 6.07) is 4.16. The fourth-order valence-corrected chi connectivity index (χ4v) is 1.99. The Balaban J connectivity index is 2.87. The van der Waals surface area contributed by atoms with Gasteiger partial charge in [-0.3, -0.25) is 0 Å². The van der Waals surface area contributed by atoms with E-state index in [0.29, 0.717) is 0 Å². The van der Waals surface area contributed by atoms with E-state index < -0.39 is 6.10 Å². The average Bonchev–Trinajstić information content (AvgIpc) is 2.39. The van der Waals surface area contributed by atoms with Crippen molar-refractivity contribution < 1.29 is 14.3 Å². The van der Waals surface area contributed by atoms with Gasteiger partial charge in [0.1, 0.15) is 5.75 Å². The van der Waals surface area contributed by atoms with E-state index in [1.807, 2.05) is 13.8 Å². The largest absolute Gasteiger partial charge is 0.478 e. The number of rotatable bonds is 6. The SMILES string of the molecule is CCNCc1cc(C)c(OC(C)C(=O)OC)c(C)c1. The maximum atomic E-state index is 11.4. The maximum absolute atomic E-state index is 11.4. The Morgan fingerprint density at radius 1 is 1.32 bits per heavy atom. The summed E-state index contributed by atoms with van der Waals surface area (Å²) in [6.07, 6.45) is -0.595. The summed E-state index contributed by atoms with van der Waals surface area (Å²) in [5, 5.41) is 3.29. The molecule has 0 fully saturated rings. The molecule has 0 heterocycles. The second-order valence-electron chi connectivity index (χ2n) is 4.62. The van der Waals surface area contributed by atoms with Crippen molar-refractivity contribution in [1.82, 2.24) is 5.32 Å². The summed E-state index contributed by atoms with van der Waals surface area (Å²) < 4.78 is 10.4. The number of benzene rings is 1. The van der Waals surface area contributed by atoms with E-state index in [0.717, 1.165) is 30.0 Å². The molecule has 1 N–H and O–H groups in total. The van der Waals surface area contributed by atoms with Crippen LogP contribution in [0, 0.1) is 13.8 Å². The van der Waals surface area contributed by atoms with Gasteiger partial charge < -0.3 is 14.8 Å². The second-order valence-corrected chi connectivity index (χ2v) is 4.62. The number of esters is 1. The first-order valence-electron chi connectivity index (χ1n) is 6.54. The minimum Gasteiger partial charge on any atom is -0.478 e. The van der Waals surface area contributed by atoms with Crippen LogP contribution in [0.2, 0.25) is 0 Å². The first-order chi connectivity index (χ1) is 8.99. The first kappa shape index (κ1) is 15.5. The Bertz CT molecular complexity index is 420. The molecule has 0 aliphatic heterocycles. The third kappa shape index (κ3) is 4.24. The summed E-state index contributed by atoms with van der Waals surface area (Å²) in [4.78, 5) is 11.4. The van der Waals surface area contributed by atoms with Gasteiger partial charge in [0, 0.05) is 6.54 Å². The number of nitrogens with one attached hydrogen (secondary N) is 1. The Labute approximate surface area is 115 Å². The molecule has 0 spiro atoms. The van der Waals surface area contributed by atoms with Crippen LogP contribution in [0.15, 0.2) is 12.1 Å². The predicted octanol–water partition coefficient (Wildman–Crippen LogP) is 2.35. The lowest BCUT2D eigenvalue weighted by Gasteiger charge is -2.17. The molecular weight excluding hydrogens is 242 g/mol. The summed E-state index contributed by atoms with van der Waals surface area (Å²) in [5.74, 6) is 0.397. The molecule has 1 aromatic rings. The average molecular weight is 265 g/mol. The topological polar surface area (TPSA) is 47.6 Å². The predicted molar refractivity (Wildman–Crippen MR) is 75.4 cm³/mol. The van der Waals surface area contributed by atoms with Crippen molar-refractivity contribution in [2.75, 3.05) is 13.7 Å². The van der Waals surface area contributed by atoms with Gasteiger partial charge in [-0.2, -0.15) is 0 Å². The second kappa shape index (κ2) is 7.14. The highest BCUT2D eigenvalue weighted by molar-refractivity contribution is 5.74. The molecule has 1 atom stereocenters. The number of carbonyl (C=O) groups excluding carboxylic acids is 1. The molecule has 106 valence electrons. The highest BCUT2D eigenvalue weighted by Gasteiger charge is 2.17. The van der Waals surface area contributed by atoms with E-state index in [2.05, 4.69) is 29.1 Å². The highest BCUT2D eigenvalue weighted by atomic mass is 16.6. The zero-order chi connectivity index (χ0) is 14.4. The maximum Gasteiger partial charge on any atom is 0.346 e. The third-order valence-corrected chi connectivity index (χ3v) is 2.93. The van der Waals surface area contributed by atoms with Gasteiger partial charge in [0.25, 0.3) is 0 Å². The molecule has 0 bridgehead atoms. The van der Waals surface area contributed by atoms with Gasteiger partial charge in [-0.1, -0.05) is 19.1 Å². The van der Waals surface area contributed by atoms with Gasteiger partial charge in [-0.15, -0.1) is 0 Å². The number of hydrogen-bond acceptors (Lipinski definition) is 4. The Hall–Kier alpha value is -1.55. The van der Waals surface area contributed by atoms with Crippen molar-refractivity contribution in [1.29, 1.82) is 0 Å². The number of carbonyl (C=O) groups is 1. The van der Waals surface area contributed by atoms with Crippen molar-refractivity contribution in [3.05, 3.63) is 28.8 Å². The van der Waals surface area contributed by atoms with Crippen LogP contribution in [-0.4, -0.2) is 25.7 Å². The number of hydrogen-bond donors (Lipinski definition) is 1. The van der Waals surface area contributed by atoms with E-state index in [1.54, 1.807) is 6.92 Å². The minimum absolute atomic E-state index is 0.365. The molecule has 0 radical (unpaired) electrons. The van der Waals surface area contributed by atoms with Crippen molar-refractivity contribution in [3.63, 3.8) is 0 Å². The van der Waals surface area contributed by atoms with Crippen LogP contribution in [0.1, 0.15) is 30.5 Å². The van der Waals surface area contributed by atoms with Crippen LogP contribution in [-0.2, 0) is 16.1 Å². The summed E-state index contributed by atoms with van der Waals surface area (Å²) >= 11 is 0. The quantitative estimate of drug-likeness (QED) is 0.802. The highest BCUT2D eigenvalue weighted by Crippen LogP contribution is 2.26. The van der Waals surface area contributed by atoms with Crippen LogP contribution in [0.25, 0.3) is 0 Å². The van der Waals surface area contributed by atoms with E-state index in [9.17, 15) is 4.79 Å². The molecular formula is C15H23NO3. The molecule has 0 saturated carbocycles. The fourth-order valence-electron chi connectivity index (χ4n) is 1.99. The molecule has 0 saturated heterocycles. The molecule has 1 unspecified atom stereocenters. The molecule has 19 heavy (non-hydrogen) atoms. The number of methoxy groups -OCH3 is 1. The zero-order valence-corrected chi connectivity index (χ0v) is 12.4. The van der Waals surface area contributed by atoms with Gasteiger partial charge in [0.05, 0.1) is 7.11 Å². The van der Waals surface area contributed by atoms with Crippen molar-refractivity contribution in [2.24, 2.45) is 0 Å². The zero-order valence-electron chi connectivity index (χ0n) is 12.4. The molecule has 4 nitrogen and oxygen atoms in total. The van der Waals surface area contributed by atoms with E-state index in [-0.39, 0.29) is 5.97 Å². The lowest BCUT2D eigenvalue weighted by molar-refractivity contribution is -0.147. The lowest BCUT2D eigenvalue weighted by Crippen LogP contribution is -2.25. The van der Waals surface area contributed by atoms with Gasteiger partial charge in [0.15, 0.2) is 6.10 Å². The summed E-state index contributed by atoms with van der Waals surface area (Å²) in [6.45, 7) is 9.52. The van der Waals surface area contributed by atoms with Crippen LogP contribution < -0.4 is 10.1 Å². The smallest absolute Gasteiger partial charge is 0.346 e. The molecule has 4 heteroatoms. The Morgan fingerprint density at radius 3 is 2.37 bits per heavy atom. The normalized spacial score (nSPS) is 12.1. The molecule has 0 amide bonds. The van der Waals surface area contributed by atoms with Gasteiger partial charge in [-0.05, 0) is 44.0 Å². The molecule has 1 rings (SSSR count). The monoisotopic (exact) mass is 265 g/mol. The van der Waals surface area contributed by atoms with Crippen LogP contribution in [0.5, 0.6) is 5.75 Å². The van der Waals surface area contributed by atoms with Crippen LogP contribution >= 0.6 is 0 Å². The van der Waals surface area contributed by atoms with Crippen molar-refractivity contribution in [3.8, 4) is 5.75 Å². The third-order valence-electron chi connectivity index (χ3n) is 2.93. The van der Waals surface area contributed by atoms with Gasteiger partial charge in [-0.25, -0.2) is 4.79 Å². The fraction of sp³-hybridized carbons (Fsp3) is 0.533. The van der Waals surface area contributed by atoms with Crippen LogP contribution in [0.4, 0.5) is 0 Å². The number of aryl methyl sites for hydroxylation is 2. The molecule has 0 aliphatic carbocycles. The minimum atomic E-state index is -0.595. The van der Waals surface area contributed by atoms with Gasteiger partial charge >= 0.3 is 5.97 Å².